The Kier molecular flexibility index (Phi) is 4.88. The van der Waals surface area contributed by atoms with Gasteiger partial charge in [-0.05, 0) is 46.9 Å². The van der Waals surface area contributed by atoms with Gasteiger partial charge in [-0.3, -0.25) is 4.79 Å². The second-order valence-corrected chi connectivity index (χ2v) is 6.26. The average Bonchev–Trinajstić information content (AvgIpc) is 2.55. The number of fused-ring (bicyclic) bond motifs is 1. The summed E-state index contributed by atoms with van der Waals surface area (Å²) in [6.07, 6.45) is 1.50. The Labute approximate surface area is 151 Å². The number of halogens is 2. The van der Waals surface area contributed by atoms with Gasteiger partial charge in [0.2, 0.25) is 0 Å². The third-order valence-corrected chi connectivity index (χ3v) is 4.44. The van der Waals surface area contributed by atoms with Crippen LogP contribution in [0.15, 0.2) is 59.7 Å². The van der Waals surface area contributed by atoms with Crippen LogP contribution in [-0.4, -0.2) is 17.1 Å². The Morgan fingerprint density at radius 3 is 2.74 bits per heavy atom. The van der Waals surface area contributed by atoms with E-state index in [4.69, 9.17) is 11.6 Å². The van der Waals surface area contributed by atoms with Gasteiger partial charge in [0.25, 0.3) is 5.91 Å². The predicted octanol–water partition coefficient (Wildman–Crippen LogP) is 4.26. The van der Waals surface area contributed by atoms with E-state index in [0.29, 0.717) is 16.3 Å². The first-order chi connectivity index (χ1) is 11.1. The third-order valence-electron chi connectivity index (χ3n) is 3.19. The van der Waals surface area contributed by atoms with Crippen molar-refractivity contribution in [2.24, 2.45) is 5.10 Å². The fourth-order valence-electron chi connectivity index (χ4n) is 2.07. The SMILES string of the molecule is O=C(N/N=C\c1cc2ccccc2nc1Cl)c1ccccc1I. The first kappa shape index (κ1) is 15.9. The van der Waals surface area contributed by atoms with Crippen molar-refractivity contribution < 1.29 is 4.79 Å². The van der Waals surface area contributed by atoms with Crippen LogP contribution in [0.2, 0.25) is 5.15 Å². The number of amides is 1. The van der Waals surface area contributed by atoms with E-state index in [1.54, 1.807) is 6.07 Å². The van der Waals surface area contributed by atoms with Gasteiger partial charge in [0.05, 0.1) is 17.3 Å². The third kappa shape index (κ3) is 3.68. The molecule has 0 bridgehead atoms. The highest BCUT2D eigenvalue weighted by Gasteiger charge is 2.08. The number of hydrazone groups is 1. The molecule has 0 saturated heterocycles. The van der Waals surface area contributed by atoms with Gasteiger partial charge in [0.15, 0.2) is 0 Å². The molecule has 3 aromatic rings. The summed E-state index contributed by atoms with van der Waals surface area (Å²) in [5, 5.41) is 5.28. The molecule has 0 unspecified atom stereocenters. The summed E-state index contributed by atoms with van der Waals surface area (Å²) in [7, 11) is 0. The lowest BCUT2D eigenvalue weighted by Crippen LogP contribution is -2.18. The molecule has 0 aliphatic carbocycles. The average molecular weight is 436 g/mol. The van der Waals surface area contributed by atoms with Crippen LogP contribution in [0.25, 0.3) is 10.9 Å². The van der Waals surface area contributed by atoms with Crippen LogP contribution in [-0.2, 0) is 0 Å². The van der Waals surface area contributed by atoms with E-state index in [0.717, 1.165) is 14.5 Å². The second-order valence-electron chi connectivity index (χ2n) is 4.74. The molecule has 1 heterocycles. The molecule has 0 aliphatic rings. The quantitative estimate of drug-likeness (QED) is 0.289. The molecule has 0 saturated carbocycles. The topological polar surface area (TPSA) is 54.4 Å². The number of benzene rings is 2. The molecule has 114 valence electrons. The predicted molar refractivity (Wildman–Crippen MR) is 101 cm³/mol. The highest BCUT2D eigenvalue weighted by Crippen LogP contribution is 2.19. The van der Waals surface area contributed by atoms with E-state index in [1.807, 2.05) is 48.5 Å². The molecule has 1 amide bonds. The maximum absolute atomic E-state index is 12.1. The minimum atomic E-state index is -0.267. The number of nitrogens with one attached hydrogen (secondary N) is 1. The summed E-state index contributed by atoms with van der Waals surface area (Å²) in [6, 6.07) is 16.8. The van der Waals surface area contributed by atoms with Gasteiger partial charge in [-0.25, -0.2) is 10.4 Å². The van der Waals surface area contributed by atoms with E-state index in [2.05, 4.69) is 38.1 Å². The summed E-state index contributed by atoms with van der Waals surface area (Å²) < 4.78 is 0.864. The summed E-state index contributed by atoms with van der Waals surface area (Å²) in [4.78, 5) is 16.4. The van der Waals surface area contributed by atoms with E-state index in [-0.39, 0.29) is 5.91 Å². The van der Waals surface area contributed by atoms with Crippen molar-refractivity contribution in [2.75, 3.05) is 0 Å². The van der Waals surface area contributed by atoms with Crippen molar-refractivity contribution >= 4 is 57.2 Å². The van der Waals surface area contributed by atoms with E-state index in [9.17, 15) is 4.79 Å². The molecule has 3 rings (SSSR count). The Morgan fingerprint density at radius 2 is 1.91 bits per heavy atom. The first-order valence-corrected chi connectivity index (χ1v) is 8.24. The minimum Gasteiger partial charge on any atom is -0.267 e. The molecule has 0 radical (unpaired) electrons. The van der Waals surface area contributed by atoms with Crippen molar-refractivity contribution in [3.8, 4) is 0 Å². The number of nitrogens with zero attached hydrogens (tertiary/aromatic N) is 2. The van der Waals surface area contributed by atoms with Crippen LogP contribution < -0.4 is 5.43 Å². The van der Waals surface area contributed by atoms with Crippen molar-refractivity contribution in [1.29, 1.82) is 0 Å². The fraction of sp³-hybridized carbons (Fsp3) is 0. The van der Waals surface area contributed by atoms with Crippen LogP contribution in [0.5, 0.6) is 0 Å². The fourth-order valence-corrected chi connectivity index (χ4v) is 2.89. The van der Waals surface area contributed by atoms with Crippen molar-refractivity contribution in [3.63, 3.8) is 0 Å². The standard InChI is InChI=1S/C17H11ClIN3O/c18-16-12(9-11-5-1-4-8-15(11)21-16)10-20-22-17(23)13-6-2-3-7-14(13)19/h1-10H,(H,22,23)/b20-10-. The zero-order valence-electron chi connectivity index (χ0n) is 11.8. The number of rotatable bonds is 3. The summed E-state index contributed by atoms with van der Waals surface area (Å²) >= 11 is 8.25. The molecule has 4 nitrogen and oxygen atoms in total. The van der Waals surface area contributed by atoms with Gasteiger partial charge in [-0.15, -0.1) is 0 Å². The molecule has 6 heteroatoms. The van der Waals surface area contributed by atoms with Crippen LogP contribution >= 0.6 is 34.2 Å². The van der Waals surface area contributed by atoms with Crippen molar-refractivity contribution in [1.82, 2.24) is 10.4 Å². The first-order valence-electron chi connectivity index (χ1n) is 6.78. The number of hydrogen-bond acceptors (Lipinski definition) is 3. The zero-order chi connectivity index (χ0) is 16.2. The van der Waals surface area contributed by atoms with Crippen LogP contribution in [0.1, 0.15) is 15.9 Å². The maximum Gasteiger partial charge on any atom is 0.272 e. The normalized spacial score (nSPS) is 11.0. The van der Waals surface area contributed by atoms with Gasteiger partial charge in [-0.2, -0.15) is 5.10 Å². The second kappa shape index (κ2) is 7.06. The number of pyridine rings is 1. The van der Waals surface area contributed by atoms with Crippen LogP contribution in [0, 0.1) is 3.57 Å². The van der Waals surface area contributed by atoms with Gasteiger partial charge in [0, 0.05) is 14.5 Å². The smallest absolute Gasteiger partial charge is 0.267 e. The molecule has 0 fully saturated rings. The Morgan fingerprint density at radius 1 is 1.17 bits per heavy atom. The van der Waals surface area contributed by atoms with Crippen molar-refractivity contribution in [2.45, 2.75) is 0 Å². The van der Waals surface area contributed by atoms with Gasteiger partial charge < -0.3 is 0 Å². The largest absolute Gasteiger partial charge is 0.272 e. The molecular weight excluding hydrogens is 425 g/mol. The molecule has 2 aromatic carbocycles. The maximum atomic E-state index is 12.1. The van der Waals surface area contributed by atoms with Gasteiger partial charge >= 0.3 is 0 Å². The number of aromatic nitrogens is 1. The number of carbonyl (C=O) groups is 1. The number of hydrogen-bond donors (Lipinski definition) is 1. The summed E-state index contributed by atoms with van der Waals surface area (Å²) in [5.74, 6) is -0.267. The Bertz CT molecular complexity index is 911. The molecule has 0 aliphatic heterocycles. The van der Waals surface area contributed by atoms with Crippen LogP contribution in [0.4, 0.5) is 0 Å². The molecule has 23 heavy (non-hydrogen) atoms. The van der Waals surface area contributed by atoms with E-state index < -0.39 is 0 Å². The van der Waals surface area contributed by atoms with E-state index >= 15 is 0 Å². The lowest BCUT2D eigenvalue weighted by molar-refractivity contribution is 0.0954. The van der Waals surface area contributed by atoms with E-state index in [1.165, 1.54) is 6.21 Å². The zero-order valence-corrected chi connectivity index (χ0v) is 14.7. The van der Waals surface area contributed by atoms with Gasteiger partial charge in [0.1, 0.15) is 5.15 Å². The molecule has 1 N–H and O–H groups in total. The Balaban J connectivity index is 1.79. The minimum absolute atomic E-state index is 0.267. The molecule has 1 aromatic heterocycles. The van der Waals surface area contributed by atoms with Gasteiger partial charge in [-0.1, -0.05) is 41.9 Å². The lowest BCUT2D eigenvalue weighted by Gasteiger charge is -2.03. The number of para-hydroxylation sites is 1. The monoisotopic (exact) mass is 435 g/mol. The molecular formula is C17H11ClIN3O. The summed E-state index contributed by atoms with van der Waals surface area (Å²) in [5.41, 5.74) is 4.54. The summed E-state index contributed by atoms with van der Waals surface area (Å²) in [6.45, 7) is 0. The molecule has 0 atom stereocenters. The van der Waals surface area contributed by atoms with Crippen LogP contribution in [0.3, 0.4) is 0 Å². The highest BCUT2D eigenvalue weighted by atomic mass is 127. The Hall–Kier alpha value is -1.99. The molecule has 0 spiro atoms. The number of carbonyl (C=O) groups excluding carboxylic acids is 1. The highest BCUT2D eigenvalue weighted by molar-refractivity contribution is 14.1. The van der Waals surface area contributed by atoms with Crippen molar-refractivity contribution in [3.05, 3.63) is 74.4 Å². The lowest BCUT2D eigenvalue weighted by atomic mass is 10.2.